The van der Waals surface area contributed by atoms with Crippen LogP contribution in [0.15, 0.2) is 36.7 Å². The lowest BCUT2D eigenvalue weighted by atomic mass is 10.1. The molecule has 2 aliphatic rings. The predicted octanol–water partition coefficient (Wildman–Crippen LogP) is 2.99. The monoisotopic (exact) mass is 379 g/mol. The number of anilines is 2. The highest BCUT2D eigenvalue weighted by atomic mass is 16.2. The lowest BCUT2D eigenvalue weighted by Crippen LogP contribution is -2.49. The van der Waals surface area contributed by atoms with Crippen molar-refractivity contribution in [3.63, 3.8) is 0 Å². The molecule has 0 atom stereocenters. The van der Waals surface area contributed by atoms with Crippen LogP contribution in [0.1, 0.15) is 42.1 Å². The smallest absolute Gasteiger partial charge is 0.253 e. The third-order valence-corrected chi connectivity index (χ3v) is 5.82. The van der Waals surface area contributed by atoms with Crippen molar-refractivity contribution in [1.82, 2.24) is 14.9 Å². The number of hydrogen-bond acceptors (Lipinski definition) is 5. The Balaban J connectivity index is 1.37. The van der Waals surface area contributed by atoms with Gasteiger partial charge in [-0.2, -0.15) is 0 Å². The summed E-state index contributed by atoms with van der Waals surface area (Å²) in [6.07, 6.45) is 6.45. The third kappa shape index (κ3) is 4.11. The summed E-state index contributed by atoms with van der Waals surface area (Å²) < 4.78 is 0. The Labute approximate surface area is 167 Å². The van der Waals surface area contributed by atoms with Crippen LogP contribution in [0, 0.1) is 0 Å². The van der Waals surface area contributed by atoms with Gasteiger partial charge < -0.3 is 14.7 Å². The molecule has 0 aliphatic carbocycles. The molecule has 3 heterocycles. The third-order valence-electron chi connectivity index (χ3n) is 5.82. The molecule has 1 amide bonds. The number of aromatic nitrogens is 2. The normalized spacial score (nSPS) is 17.7. The number of nitrogens with zero attached hydrogens (tertiary/aromatic N) is 5. The minimum atomic E-state index is 0.124. The van der Waals surface area contributed by atoms with Crippen LogP contribution in [0.4, 0.5) is 11.6 Å². The van der Waals surface area contributed by atoms with E-state index in [0.29, 0.717) is 0 Å². The number of rotatable bonds is 4. The first kappa shape index (κ1) is 18.7. The zero-order chi connectivity index (χ0) is 19.3. The van der Waals surface area contributed by atoms with Crippen LogP contribution in [0.5, 0.6) is 0 Å². The molecule has 0 bridgehead atoms. The van der Waals surface area contributed by atoms with Gasteiger partial charge in [-0.25, -0.2) is 9.97 Å². The van der Waals surface area contributed by atoms with Crippen LogP contribution in [-0.4, -0.2) is 60.0 Å². The van der Waals surface area contributed by atoms with E-state index in [9.17, 15) is 4.79 Å². The highest BCUT2D eigenvalue weighted by Crippen LogP contribution is 2.22. The number of carbonyl (C=O) groups excluding carboxylic acids is 1. The number of benzene rings is 1. The fraction of sp³-hybridized carbons (Fsp3) is 0.500. The summed E-state index contributed by atoms with van der Waals surface area (Å²) in [5.74, 6) is 2.12. The van der Waals surface area contributed by atoms with Crippen molar-refractivity contribution in [1.29, 1.82) is 0 Å². The number of amides is 1. The van der Waals surface area contributed by atoms with E-state index < -0.39 is 0 Å². The first-order chi connectivity index (χ1) is 13.7. The van der Waals surface area contributed by atoms with Gasteiger partial charge in [0.05, 0.1) is 0 Å². The molecule has 0 spiro atoms. The highest BCUT2D eigenvalue weighted by molar-refractivity contribution is 5.94. The summed E-state index contributed by atoms with van der Waals surface area (Å²) in [6.45, 7) is 7.32. The summed E-state index contributed by atoms with van der Waals surface area (Å²) in [5.41, 5.74) is 2.04. The van der Waals surface area contributed by atoms with Crippen molar-refractivity contribution in [2.75, 3.05) is 49.1 Å². The van der Waals surface area contributed by atoms with Gasteiger partial charge >= 0.3 is 0 Å². The Bertz CT molecular complexity index is 793. The van der Waals surface area contributed by atoms with Crippen molar-refractivity contribution < 1.29 is 4.79 Å². The fourth-order valence-electron chi connectivity index (χ4n) is 4.01. The van der Waals surface area contributed by atoms with E-state index in [0.717, 1.165) is 62.9 Å². The predicted molar refractivity (Wildman–Crippen MR) is 112 cm³/mol. The molecule has 6 heteroatoms. The molecule has 2 aromatic rings. The van der Waals surface area contributed by atoms with Crippen LogP contribution in [0.3, 0.4) is 0 Å². The van der Waals surface area contributed by atoms with Gasteiger partial charge in [-0.15, -0.1) is 0 Å². The van der Waals surface area contributed by atoms with E-state index in [2.05, 4.69) is 32.8 Å². The van der Waals surface area contributed by atoms with Crippen molar-refractivity contribution in [2.45, 2.75) is 32.6 Å². The maximum Gasteiger partial charge on any atom is 0.253 e. The van der Waals surface area contributed by atoms with Gasteiger partial charge in [0.1, 0.15) is 18.0 Å². The lowest BCUT2D eigenvalue weighted by Gasteiger charge is -2.36. The van der Waals surface area contributed by atoms with Crippen LogP contribution in [-0.2, 0) is 6.42 Å². The minimum absolute atomic E-state index is 0.124. The lowest BCUT2D eigenvalue weighted by molar-refractivity contribution is 0.0746. The summed E-state index contributed by atoms with van der Waals surface area (Å²) in [6, 6.07) is 10.1. The fourth-order valence-corrected chi connectivity index (χ4v) is 4.01. The summed E-state index contributed by atoms with van der Waals surface area (Å²) in [4.78, 5) is 28.3. The molecule has 2 aliphatic heterocycles. The second kappa shape index (κ2) is 8.59. The maximum atomic E-state index is 12.8. The van der Waals surface area contributed by atoms with Crippen molar-refractivity contribution in [3.8, 4) is 0 Å². The van der Waals surface area contributed by atoms with Crippen molar-refractivity contribution >= 4 is 17.5 Å². The molecule has 4 rings (SSSR count). The van der Waals surface area contributed by atoms with Gasteiger partial charge in [0.25, 0.3) is 5.91 Å². The minimum Gasteiger partial charge on any atom is -0.356 e. The Hall–Kier alpha value is -2.63. The highest BCUT2D eigenvalue weighted by Gasteiger charge is 2.23. The van der Waals surface area contributed by atoms with Gasteiger partial charge in [0, 0.05) is 50.9 Å². The van der Waals surface area contributed by atoms with Gasteiger partial charge in [0.15, 0.2) is 0 Å². The second-order valence-corrected chi connectivity index (χ2v) is 7.61. The number of hydrogen-bond donors (Lipinski definition) is 0. The van der Waals surface area contributed by atoms with Crippen molar-refractivity contribution in [3.05, 3.63) is 47.8 Å². The van der Waals surface area contributed by atoms with Crippen LogP contribution < -0.4 is 9.80 Å². The Kier molecular flexibility index (Phi) is 5.74. The largest absolute Gasteiger partial charge is 0.356 e. The molecule has 148 valence electrons. The molecular weight excluding hydrogens is 350 g/mol. The van der Waals surface area contributed by atoms with Crippen molar-refractivity contribution in [2.24, 2.45) is 0 Å². The summed E-state index contributed by atoms with van der Waals surface area (Å²) in [7, 11) is 0. The van der Waals surface area contributed by atoms with Gasteiger partial charge in [0.2, 0.25) is 0 Å². The molecule has 0 unspecified atom stereocenters. The van der Waals surface area contributed by atoms with E-state index in [1.54, 1.807) is 6.33 Å². The first-order valence-corrected chi connectivity index (χ1v) is 10.4. The van der Waals surface area contributed by atoms with Gasteiger partial charge in [-0.05, 0) is 43.4 Å². The number of piperidine rings is 1. The molecule has 1 aromatic heterocycles. The summed E-state index contributed by atoms with van der Waals surface area (Å²) >= 11 is 0. The average Bonchev–Trinajstić information content (AvgIpc) is 2.79. The quantitative estimate of drug-likeness (QED) is 0.817. The Morgan fingerprint density at radius 3 is 2.07 bits per heavy atom. The van der Waals surface area contributed by atoms with E-state index in [-0.39, 0.29) is 5.91 Å². The Morgan fingerprint density at radius 1 is 0.857 bits per heavy atom. The summed E-state index contributed by atoms with van der Waals surface area (Å²) in [5, 5.41) is 0. The molecule has 0 saturated carbocycles. The van der Waals surface area contributed by atoms with Crippen LogP contribution in [0.25, 0.3) is 0 Å². The topological polar surface area (TPSA) is 52.6 Å². The molecule has 0 N–H and O–H groups in total. The zero-order valence-electron chi connectivity index (χ0n) is 16.7. The number of aryl methyl sites for hydroxylation is 1. The van der Waals surface area contributed by atoms with Gasteiger partial charge in [-0.1, -0.05) is 19.1 Å². The SMILES string of the molecule is CCc1ccc(C(=O)N2CCN(c3cc(N4CCCCC4)ncn3)CC2)cc1. The van der Waals surface area contributed by atoms with E-state index in [1.165, 1.54) is 24.8 Å². The number of carbonyl (C=O) groups is 1. The van der Waals surface area contributed by atoms with Gasteiger partial charge in [-0.3, -0.25) is 4.79 Å². The molecule has 2 saturated heterocycles. The van der Waals surface area contributed by atoms with Crippen LogP contribution >= 0.6 is 0 Å². The maximum absolute atomic E-state index is 12.8. The molecule has 2 fully saturated rings. The van der Waals surface area contributed by atoms with E-state index in [1.807, 2.05) is 29.2 Å². The first-order valence-electron chi connectivity index (χ1n) is 10.4. The second-order valence-electron chi connectivity index (χ2n) is 7.61. The number of piperazine rings is 1. The molecular formula is C22H29N5O. The van der Waals surface area contributed by atoms with E-state index >= 15 is 0 Å². The molecule has 6 nitrogen and oxygen atoms in total. The van der Waals surface area contributed by atoms with Crippen LogP contribution in [0.2, 0.25) is 0 Å². The Morgan fingerprint density at radius 2 is 1.46 bits per heavy atom. The zero-order valence-corrected chi connectivity index (χ0v) is 16.7. The van der Waals surface area contributed by atoms with E-state index in [4.69, 9.17) is 0 Å². The average molecular weight is 380 g/mol. The molecule has 1 aromatic carbocycles. The molecule has 28 heavy (non-hydrogen) atoms. The molecule has 0 radical (unpaired) electrons. The standard InChI is InChI=1S/C22H29N5O/c1-2-18-6-8-19(9-7-18)22(28)27-14-12-26(13-15-27)21-16-20(23-17-24-21)25-10-4-3-5-11-25/h6-9,16-17H,2-5,10-15H2,1H3.